The van der Waals surface area contributed by atoms with Crippen molar-refractivity contribution < 1.29 is 14.1 Å². The monoisotopic (exact) mass is 266 g/mol. The van der Waals surface area contributed by atoms with Gasteiger partial charge in [-0.3, -0.25) is 14.9 Å². The predicted octanol–water partition coefficient (Wildman–Crippen LogP) is 2.74. The Balaban J connectivity index is 2.01. The maximum Gasteiger partial charge on any atom is 0.433 e. The molecule has 3 unspecified atom stereocenters. The molecule has 0 radical (unpaired) electrons. The average molecular weight is 266 g/mol. The molecule has 19 heavy (non-hydrogen) atoms. The second kappa shape index (κ2) is 5.42. The van der Waals surface area contributed by atoms with Crippen molar-refractivity contribution in [1.82, 2.24) is 5.32 Å². The highest BCUT2D eigenvalue weighted by Crippen LogP contribution is 2.29. The molecule has 1 fully saturated rings. The SMILES string of the molecule is CC1CCCC(NC(=O)c2ccc([N+](=O)[O-])o2)C1C. The zero-order chi connectivity index (χ0) is 14.0. The van der Waals surface area contributed by atoms with Crippen LogP contribution in [0, 0.1) is 22.0 Å². The first kappa shape index (κ1) is 13.6. The van der Waals surface area contributed by atoms with Gasteiger partial charge in [-0.1, -0.05) is 26.7 Å². The van der Waals surface area contributed by atoms with E-state index in [2.05, 4.69) is 19.2 Å². The van der Waals surface area contributed by atoms with Crippen LogP contribution in [0.5, 0.6) is 0 Å². The van der Waals surface area contributed by atoms with Crippen LogP contribution in [0.3, 0.4) is 0 Å². The van der Waals surface area contributed by atoms with Gasteiger partial charge in [-0.25, -0.2) is 0 Å². The van der Waals surface area contributed by atoms with Crippen molar-refractivity contribution in [3.63, 3.8) is 0 Å². The van der Waals surface area contributed by atoms with Gasteiger partial charge in [-0.15, -0.1) is 0 Å². The van der Waals surface area contributed by atoms with Crippen molar-refractivity contribution in [2.45, 2.75) is 39.2 Å². The Labute approximate surface area is 111 Å². The van der Waals surface area contributed by atoms with Crippen LogP contribution >= 0.6 is 0 Å². The standard InChI is InChI=1S/C13H18N2O4/c1-8-4-3-5-10(9(8)2)14-13(16)11-6-7-12(19-11)15(17)18/h6-10H,3-5H2,1-2H3,(H,14,16). The maximum atomic E-state index is 12.0. The van der Waals surface area contributed by atoms with Gasteiger partial charge in [0.1, 0.15) is 4.92 Å². The molecule has 0 aromatic carbocycles. The Morgan fingerprint density at radius 3 is 2.79 bits per heavy atom. The zero-order valence-corrected chi connectivity index (χ0v) is 11.1. The summed E-state index contributed by atoms with van der Waals surface area (Å²) in [5, 5.41) is 13.4. The van der Waals surface area contributed by atoms with E-state index in [1.807, 2.05) is 0 Å². The van der Waals surface area contributed by atoms with E-state index in [0.29, 0.717) is 11.8 Å². The quantitative estimate of drug-likeness (QED) is 0.673. The van der Waals surface area contributed by atoms with E-state index in [4.69, 9.17) is 4.42 Å². The average Bonchev–Trinajstić information content (AvgIpc) is 2.84. The Morgan fingerprint density at radius 1 is 1.42 bits per heavy atom. The summed E-state index contributed by atoms with van der Waals surface area (Å²) in [6, 6.07) is 2.65. The third kappa shape index (κ3) is 2.94. The van der Waals surface area contributed by atoms with Gasteiger partial charge in [-0.2, -0.15) is 0 Å². The molecule has 1 aliphatic carbocycles. The summed E-state index contributed by atoms with van der Waals surface area (Å²) in [4.78, 5) is 21.8. The molecule has 1 aliphatic rings. The molecular formula is C13H18N2O4. The van der Waals surface area contributed by atoms with Gasteiger partial charge in [0.05, 0.1) is 6.07 Å². The molecule has 1 heterocycles. The van der Waals surface area contributed by atoms with Crippen molar-refractivity contribution in [1.29, 1.82) is 0 Å². The largest absolute Gasteiger partial charge is 0.433 e. The van der Waals surface area contributed by atoms with Crippen LogP contribution in [0.2, 0.25) is 0 Å². The Kier molecular flexibility index (Phi) is 3.87. The van der Waals surface area contributed by atoms with Crippen LogP contribution in [-0.2, 0) is 0 Å². The van der Waals surface area contributed by atoms with E-state index < -0.39 is 10.8 Å². The number of rotatable bonds is 3. The molecule has 6 heteroatoms. The van der Waals surface area contributed by atoms with Crippen LogP contribution in [0.25, 0.3) is 0 Å². The third-order valence-electron chi connectivity index (χ3n) is 4.02. The summed E-state index contributed by atoms with van der Waals surface area (Å²) in [7, 11) is 0. The summed E-state index contributed by atoms with van der Waals surface area (Å²) < 4.78 is 4.90. The van der Waals surface area contributed by atoms with E-state index in [1.54, 1.807) is 0 Å². The number of nitrogens with zero attached hydrogens (tertiary/aromatic N) is 1. The number of hydrogen-bond donors (Lipinski definition) is 1. The molecule has 1 saturated carbocycles. The third-order valence-corrected chi connectivity index (χ3v) is 4.02. The molecule has 1 N–H and O–H groups in total. The normalized spacial score (nSPS) is 26.9. The summed E-state index contributed by atoms with van der Waals surface area (Å²) in [6.45, 7) is 4.31. The van der Waals surface area contributed by atoms with E-state index in [0.717, 1.165) is 12.8 Å². The van der Waals surface area contributed by atoms with Gasteiger partial charge in [0.2, 0.25) is 0 Å². The number of amides is 1. The predicted molar refractivity (Wildman–Crippen MR) is 68.8 cm³/mol. The molecule has 0 aliphatic heterocycles. The van der Waals surface area contributed by atoms with E-state index >= 15 is 0 Å². The van der Waals surface area contributed by atoms with Crippen molar-refractivity contribution in [2.24, 2.45) is 11.8 Å². The van der Waals surface area contributed by atoms with Gasteiger partial charge >= 0.3 is 5.88 Å². The highest BCUT2D eigenvalue weighted by molar-refractivity contribution is 5.91. The number of carbonyl (C=O) groups excluding carboxylic acids is 1. The minimum atomic E-state index is -0.651. The molecule has 104 valence electrons. The maximum absolute atomic E-state index is 12.0. The van der Waals surface area contributed by atoms with Crippen LogP contribution in [0.4, 0.5) is 5.88 Å². The van der Waals surface area contributed by atoms with Crippen molar-refractivity contribution in [3.8, 4) is 0 Å². The summed E-state index contributed by atoms with van der Waals surface area (Å²) in [6.07, 6.45) is 3.22. The Bertz CT molecular complexity index is 483. The number of nitro groups is 1. The van der Waals surface area contributed by atoms with Gasteiger partial charge in [0.25, 0.3) is 5.91 Å². The molecule has 1 aromatic rings. The highest BCUT2D eigenvalue weighted by Gasteiger charge is 2.29. The molecule has 0 spiro atoms. The van der Waals surface area contributed by atoms with Crippen LogP contribution in [0.1, 0.15) is 43.7 Å². The van der Waals surface area contributed by atoms with Crippen molar-refractivity contribution in [2.75, 3.05) is 0 Å². The Morgan fingerprint density at radius 2 is 2.16 bits per heavy atom. The number of hydrogen-bond acceptors (Lipinski definition) is 4. The fourth-order valence-corrected chi connectivity index (χ4v) is 2.57. The zero-order valence-electron chi connectivity index (χ0n) is 11.1. The topological polar surface area (TPSA) is 85.4 Å². The van der Waals surface area contributed by atoms with E-state index in [9.17, 15) is 14.9 Å². The highest BCUT2D eigenvalue weighted by atomic mass is 16.6. The lowest BCUT2D eigenvalue weighted by Crippen LogP contribution is -2.43. The minimum Gasteiger partial charge on any atom is -0.395 e. The molecule has 2 rings (SSSR count). The molecule has 1 amide bonds. The first-order valence-corrected chi connectivity index (χ1v) is 6.54. The minimum absolute atomic E-state index is 0.00266. The lowest BCUT2D eigenvalue weighted by molar-refractivity contribution is -0.402. The summed E-state index contributed by atoms with van der Waals surface area (Å²) in [5.74, 6) is 0.194. The van der Waals surface area contributed by atoms with Crippen molar-refractivity contribution >= 4 is 11.8 Å². The fourth-order valence-electron chi connectivity index (χ4n) is 2.57. The molecular weight excluding hydrogens is 248 g/mol. The lowest BCUT2D eigenvalue weighted by atomic mass is 9.78. The number of furan rings is 1. The van der Waals surface area contributed by atoms with E-state index in [1.165, 1.54) is 18.6 Å². The second-order valence-corrected chi connectivity index (χ2v) is 5.24. The number of carbonyl (C=O) groups is 1. The first-order chi connectivity index (χ1) is 8.99. The van der Waals surface area contributed by atoms with Gasteiger partial charge in [0, 0.05) is 6.04 Å². The van der Waals surface area contributed by atoms with Crippen LogP contribution in [0.15, 0.2) is 16.5 Å². The van der Waals surface area contributed by atoms with Gasteiger partial charge < -0.3 is 9.73 Å². The fraction of sp³-hybridized carbons (Fsp3) is 0.615. The Hall–Kier alpha value is -1.85. The molecule has 1 aromatic heterocycles. The summed E-state index contributed by atoms with van der Waals surface area (Å²) in [5.41, 5.74) is 0. The molecule has 6 nitrogen and oxygen atoms in total. The van der Waals surface area contributed by atoms with E-state index in [-0.39, 0.29) is 17.7 Å². The molecule has 0 saturated heterocycles. The second-order valence-electron chi connectivity index (χ2n) is 5.24. The molecule has 3 atom stereocenters. The van der Waals surface area contributed by atoms with Gasteiger partial charge in [-0.05, 0) is 24.3 Å². The molecule has 0 bridgehead atoms. The van der Waals surface area contributed by atoms with Crippen molar-refractivity contribution in [3.05, 3.63) is 28.0 Å². The first-order valence-electron chi connectivity index (χ1n) is 6.54. The summed E-state index contributed by atoms with van der Waals surface area (Å²) >= 11 is 0. The van der Waals surface area contributed by atoms with Crippen LogP contribution < -0.4 is 5.32 Å². The van der Waals surface area contributed by atoms with Crippen LogP contribution in [-0.4, -0.2) is 16.9 Å². The lowest BCUT2D eigenvalue weighted by Gasteiger charge is -2.34. The smallest absolute Gasteiger partial charge is 0.395 e. The van der Waals surface area contributed by atoms with Gasteiger partial charge in [0.15, 0.2) is 5.76 Å². The number of nitrogens with one attached hydrogen (secondary N) is 1.